The molecule has 2 aromatic carbocycles. The zero-order valence-corrected chi connectivity index (χ0v) is 19.5. The first-order chi connectivity index (χ1) is 14.0. The van der Waals surface area contributed by atoms with Gasteiger partial charge in [-0.05, 0) is 85.8 Å². The highest BCUT2D eigenvalue weighted by Crippen LogP contribution is 2.16. The van der Waals surface area contributed by atoms with Crippen molar-refractivity contribution in [2.45, 2.75) is 32.1 Å². The Morgan fingerprint density at radius 2 is 1.41 bits per heavy atom. The Morgan fingerprint density at radius 3 is 2.10 bits per heavy atom. The van der Waals surface area contributed by atoms with E-state index in [1.165, 1.54) is 12.8 Å². The maximum atomic E-state index is 5.76. The fourth-order valence-corrected chi connectivity index (χ4v) is 3.24. The van der Waals surface area contributed by atoms with Gasteiger partial charge in [-0.1, -0.05) is 35.2 Å². The first kappa shape index (κ1) is 23.4. The Morgan fingerprint density at radius 1 is 0.828 bits per heavy atom. The molecule has 0 aliphatic heterocycles. The lowest BCUT2D eigenvalue weighted by molar-refractivity contribution is 0.304. The topological polar surface area (TPSA) is 71.3 Å². The van der Waals surface area contributed by atoms with E-state index in [9.17, 15) is 0 Å². The molecule has 5 N–H and O–H groups in total. The minimum atomic E-state index is 0.261. The zero-order chi connectivity index (χ0) is 20.9. The van der Waals surface area contributed by atoms with E-state index < -0.39 is 0 Å². The molecule has 0 aliphatic carbocycles. The summed E-state index contributed by atoms with van der Waals surface area (Å²) in [6, 6.07) is 15.6. The first-order valence-corrected chi connectivity index (χ1v) is 11.2. The molecular weight excluding hydrogens is 468 g/mol. The molecule has 0 saturated carbocycles. The predicted molar refractivity (Wildman–Crippen MR) is 134 cm³/mol. The van der Waals surface area contributed by atoms with Crippen LogP contribution in [0.2, 0.25) is 0 Å². The number of nitrogens with two attached hydrogens (primary N) is 1. The summed E-state index contributed by atoms with van der Waals surface area (Å²) in [5.74, 6) is 0.856. The minimum Gasteiger partial charge on any atom is -0.494 e. The van der Waals surface area contributed by atoms with Crippen molar-refractivity contribution in [2.24, 2.45) is 5.73 Å². The molecule has 0 aliphatic rings. The van der Waals surface area contributed by atoms with Crippen LogP contribution >= 0.6 is 40.4 Å². The second-order valence-corrected chi connectivity index (χ2v) is 8.28. The van der Waals surface area contributed by atoms with Crippen molar-refractivity contribution in [1.29, 1.82) is 0 Å². The van der Waals surface area contributed by atoms with Gasteiger partial charge >= 0.3 is 0 Å². The summed E-state index contributed by atoms with van der Waals surface area (Å²) in [6.45, 7) is 1.60. The van der Waals surface area contributed by atoms with Crippen LogP contribution < -0.4 is 26.4 Å². The number of rotatable bonds is 11. The lowest BCUT2D eigenvalue weighted by Gasteiger charge is -2.10. The Bertz CT molecular complexity index is 769. The van der Waals surface area contributed by atoms with Crippen molar-refractivity contribution in [1.82, 2.24) is 5.32 Å². The summed E-state index contributed by atoms with van der Waals surface area (Å²) in [4.78, 5) is 0. The van der Waals surface area contributed by atoms with E-state index in [0.29, 0.717) is 5.11 Å². The third-order valence-electron chi connectivity index (χ3n) is 4.10. The Kier molecular flexibility index (Phi) is 10.8. The molecule has 156 valence electrons. The molecule has 0 bridgehead atoms. The van der Waals surface area contributed by atoms with Gasteiger partial charge in [-0.2, -0.15) is 0 Å². The number of hydrogen-bond donors (Lipinski definition) is 4. The standard InChI is InChI=1S/C21H27BrN4OS2/c22-16-6-8-18(9-7-16)26-21(29)24-14-4-2-1-3-5-15-27-19-12-10-17(11-13-19)25-20(23)28/h6-13H,1-5,14-15H2,(H3,23,25,28)(H2,24,26,29). The Labute approximate surface area is 191 Å². The van der Waals surface area contributed by atoms with Crippen LogP contribution in [0.25, 0.3) is 0 Å². The maximum absolute atomic E-state index is 5.76. The van der Waals surface area contributed by atoms with Crippen LogP contribution in [-0.2, 0) is 0 Å². The lowest BCUT2D eigenvalue weighted by Crippen LogP contribution is -2.29. The molecule has 8 heteroatoms. The summed E-state index contributed by atoms with van der Waals surface area (Å²) in [5, 5.41) is 10.2. The molecule has 2 rings (SSSR count). The number of unbranched alkanes of at least 4 members (excludes halogenated alkanes) is 4. The van der Waals surface area contributed by atoms with Crippen LogP contribution in [0.4, 0.5) is 11.4 Å². The highest BCUT2D eigenvalue weighted by atomic mass is 79.9. The summed E-state index contributed by atoms with van der Waals surface area (Å²) in [6.07, 6.45) is 5.66. The third-order valence-corrected chi connectivity index (χ3v) is 4.98. The summed E-state index contributed by atoms with van der Waals surface area (Å²) in [5.41, 5.74) is 7.30. The monoisotopic (exact) mass is 494 g/mol. The molecule has 29 heavy (non-hydrogen) atoms. The molecule has 0 amide bonds. The van der Waals surface area contributed by atoms with Crippen LogP contribution in [0.5, 0.6) is 5.75 Å². The number of thiocarbonyl (C=S) groups is 2. The lowest BCUT2D eigenvalue weighted by atomic mass is 10.1. The molecular formula is C21H27BrN4OS2. The quantitative estimate of drug-likeness (QED) is 0.245. The minimum absolute atomic E-state index is 0.261. The molecule has 0 aromatic heterocycles. The fraction of sp³-hybridized carbons (Fsp3) is 0.333. The van der Waals surface area contributed by atoms with Gasteiger partial charge in [-0.3, -0.25) is 0 Å². The van der Waals surface area contributed by atoms with Crippen LogP contribution in [0.1, 0.15) is 32.1 Å². The predicted octanol–water partition coefficient (Wildman–Crippen LogP) is 5.42. The van der Waals surface area contributed by atoms with Crippen molar-refractivity contribution in [2.75, 3.05) is 23.8 Å². The molecule has 0 fully saturated rings. The number of anilines is 2. The van der Waals surface area contributed by atoms with Gasteiger partial charge in [-0.15, -0.1) is 0 Å². The number of hydrogen-bond acceptors (Lipinski definition) is 3. The molecule has 2 aromatic rings. The van der Waals surface area contributed by atoms with Gasteiger partial charge in [0.05, 0.1) is 6.61 Å². The number of nitrogens with one attached hydrogen (secondary N) is 3. The molecule has 0 spiro atoms. The number of halogens is 1. The second-order valence-electron chi connectivity index (χ2n) is 6.52. The van der Waals surface area contributed by atoms with Gasteiger partial charge < -0.3 is 26.4 Å². The Balaban J connectivity index is 1.45. The maximum Gasteiger partial charge on any atom is 0.170 e. The van der Waals surface area contributed by atoms with E-state index in [2.05, 4.69) is 31.9 Å². The summed E-state index contributed by atoms with van der Waals surface area (Å²) >= 11 is 13.5. The van der Waals surface area contributed by atoms with Crippen molar-refractivity contribution < 1.29 is 4.74 Å². The molecule has 0 saturated heterocycles. The van der Waals surface area contributed by atoms with Crippen LogP contribution in [-0.4, -0.2) is 23.4 Å². The van der Waals surface area contributed by atoms with Gasteiger partial charge in [-0.25, -0.2) is 0 Å². The summed E-state index contributed by atoms with van der Waals surface area (Å²) < 4.78 is 6.81. The highest BCUT2D eigenvalue weighted by Gasteiger charge is 1.99. The zero-order valence-electron chi connectivity index (χ0n) is 16.2. The van der Waals surface area contributed by atoms with E-state index >= 15 is 0 Å². The first-order valence-electron chi connectivity index (χ1n) is 9.62. The molecule has 0 unspecified atom stereocenters. The smallest absolute Gasteiger partial charge is 0.170 e. The number of benzene rings is 2. The highest BCUT2D eigenvalue weighted by molar-refractivity contribution is 9.10. The SMILES string of the molecule is NC(=S)Nc1ccc(OCCCCCCCNC(=S)Nc2ccc(Br)cc2)cc1. The van der Waals surface area contributed by atoms with Crippen LogP contribution in [0.3, 0.4) is 0 Å². The Hall–Kier alpha value is -1.90. The largest absolute Gasteiger partial charge is 0.494 e. The van der Waals surface area contributed by atoms with Crippen molar-refractivity contribution >= 4 is 62.0 Å². The van der Waals surface area contributed by atoms with Gasteiger partial charge in [0.2, 0.25) is 0 Å². The van der Waals surface area contributed by atoms with E-state index in [1.54, 1.807) is 0 Å². The van der Waals surface area contributed by atoms with Gasteiger partial charge in [0.1, 0.15) is 5.75 Å². The van der Waals surface area contributed by atoms with Gasteiger partial charge in [0.25, 0.3) is 0 Å². The molecule has 0 heterocycles. The third kappa shape index (κ3) is 10.4. The van der Waals surface area contributed by atoms with Gasteiger partial charge in [0.15, 0.2) is 10.2 Å². The summed E-state index contributed by atoms with van der Waals surface area (Å²) in [7, 11) is 0. The normalized spacial score (nSPS) is 10.2. The fourth-order valence-electron chi connectivity index (χ4n) is 2.63. The van der Waals surface area contributed by atoms with Crippen molar-refractivity contribution in [3.05, 3.63) is 53.0 Å². The van der Waals surface area contributed by atoms with Crippen molar-refractivity contribution in [3.63, 3.8) is 0 Å². The van der Waals surface area contributed by atoms with E-state index in [0.717, 1.165) is 54.0 Å². The molecule has 0 radical (unpaired) electrons. The van der Waals surface area contributed by atoms with E-state index in [1.807, 2.05) is 48.5 Å². The molecule has 5 nitrogen and oxygen atoms in total. The van der Waals surface area contributed by atoms with Gasteiger partial charge in [0, 0.05) is 22.4 Å². The average Bonchev–Trinajstić information content (AvgIpc) is 2.69. The van der Waals surface area contributed by atoms with E-state index in [-0.39, 0.29) is 5.11 Å². The van der Waals surface area contributed by atoms with Crippen molar-refractivity contribution in [3.8, 4) is 5.75 Å². The van der Waals surface area contributed by atoms with Crippen LogP contribution in [0, 0.1) is 0 Å². The van der Waals surface area contributed by atoms with Crippen LogP contribution in [0.15, 0.2) is 53.0 Å². The second kappa shape index (κ2) is 13.3. The molecule has 0 atom stereocenters. The van der Waals surface area contributed by atoms with E-state index in [4.69, 9.17) is 34.9 Å². The number of ether oxygens (including phenoxy) is 1. The average molecular weight is 496 g/mol.